The van der Waals surface area contributed by atoms with Gasteiger partial charge in [0.2, 0.25) is 5.91 Å². The summed E-state index contributed by atoms with van der Waals surface area (Å²) in [6.07, 6.45) is 5.77. The van der Waals surface area contributed by atoms with E-state index in [1.54, 1.807) is 6.92 Å². The van der Waals surface area contributed by atoms with Crippen molar-refractivity contribution in [1.29, 1.82) is 0 Å². The van der Waals surface area contributed by atoms with Crippen molar-refractivity contribution in [2.75, 3.05) is 6.61 Å². The van der Waals surface area contributed by atoms with Gasteiger partial charge in [0.25, 0.3) is 0 Å². The third-order valence-corrected chi connectivity index (χ3v) is 4.40. The summed E-state index contributed by atoms with van der Waals surface area (Å²) in [6.45, 7) is 9.73. The minimum atomic E-state index is -0.439. The van der Waals surface area contributed by atoms with Crippen LogP contribution in [0.5, 0.6) is 5.75 Å². The lowest BCUT2D eigenvalue weighted by Gasteiger charge is -2.22. The Morgan fingerprint density at radius 3 is 2.60 bits per heavy atom. The van der Waals surface area contributed by atoms with E-state index in [9.17, 15) is 9.59 Å². The zero-order valence-corrected chi connectivity index (χ0v) is 16.0. The summed E-state index contributed by atoms with van der Waals surface area (Å²) in [5, 5.41) is 2.79. The van der Waals surface area contributed by atoms with Crippen molar-refractivity contribution in [3.8, 4) is 5.75 Å². The Bertz CT molecular complexity index is 595. The van der Waals surface area contributed by atoms with Crippen LogP contribution in [0.15, 0.2) is 36.4 Å². The van der Waals surface area contributed by atoms with Gasteiger partial charge in [-0.15, -0.1) is 0 Å². The van der Waals surface area contributed by atoms with Crippen LogP contribution in [0.1, 0.15) is 46.1 Å². The number of rotatable bonds is 10. The molecular weight excluding hydrogens is 314 g/mol. The molecule has 0 unspecified atom stereocenters. The second-order valence-electron chi connectivity index (χ2n) is 6.63. The molecule has 0 radical (unpaired) electrons. The number of hydrogen-bond donors (Lipinski definition) is 1. The molecular formula is C21H31NO3. The van der Waals surface area contributed by atoms with Crippen molar-refractivity contribution in [1.82, 2.24) is 5.32 Å². The lowest BCUT2D eigenvalue weighted by atomic mass is 9.88. The first-order valence-electron chi connectivity index (χ1n) is 8.98. The zero-order valence-electron chi connectivity index (χ0n) is 16.0. The molecule has 4 heteroatoms. The van der Waals surface area contributed by atoms with Gasteiger partial charge >= 0.3 is 0 Å². The Balaban J connectivity index is 2.50. The highest BCUT2D eigenvalue weighted by Crippen LogP contribution is 2.21. The van der Waals surface area contributed by atoms with E-state index in [1.165, 1.54) is 12.5 Å². The molecule has 1 amide bonds. The summed E-state index contributed by atoms with van der Waals surface area (Å²) in [5.74, 6) is 0.714. The second kappa shape index (κ2) is 10.7. The maximum atomic E-state index is 12.3. The molecule has 0 bridgehead atoms. The Kier molecular flexibility index (Phi) is 8.96. The number of amides is 1. The predicted molar refractivity (Wildman–Crippen MR) is 102 cm³/mol. The standard InChI is InChI=1S/C21H31NO3/c1-6-9-19(16(3)21(24)22-17(4)18(5)23)11-8-13-25-20-12-7-10-15(2)14-20/h6-7,9-10,12,14,16-17,19H,8,11,13H2,1-5H3,(H,22,24)/b9-6+/t16-,17+,19+/m1/s1. The van der Waals surface area contributed by atoms with E-state index in [1.807, 2.05) is 51.1 Å². The van der Waals surface area contributed by atoms with Crippen LogP contribution in [0.4, 0.5) is 0 Å². The first-order valence-corrected chi connectivity index (χ1v) is 8.98. The summed E-state index contributed by atoms with van der Waals surface area (Å²) in [6, 6.07) is 7.55. The Morgan fingerprint density at radius 2 is 2.00 bits per heavy atom. The van der Waals surface area contributed by atoms with E-state index in [0.717, 1.165) is 18.6 Å². The largest absolute Gasteiger partial charge is 0.494 e. The first kappa shape index (κ1) is 20.9. The molecule has 3 atom stereocenters. The van der Waals surface area contributed by atoms with Gasteiger partial charge in [-0.2, -0.15) is 0 Å². The number of nitrogens with one attached hydrogen (secondary N) is 1. The molecule has 1 N–H and O–H groups in total. The summed E-state index contributed by atoms with van der Waals surface area (Å²) in [7, 11) is 0. The van der Waals surface area contributed by atoms with Crippen molar-refractivity contribution >= 4 is 11.7 Å². The number of Topliss-reactive ketones (excluding diaryl/α,β-unsaturated/α-hetero) is 1. The van der Waals surface area contributed by atoms with Gasteiger partial charge < -0.3 is 10.1 Å². The lowest BCUT2D eigenvalue weighted by molar-refractivity contribution is -0.129. The molecule has 0 aromatic heterocycles. The topological polar surface area (TPSA) is 55.4 Å². The summed E-state index contributed by atoms with van der Waals surface area (Å²) < 4.78 is 5.78. The first-order chi connectivity index (χ1) is 11.8. The predicted octanol–water partition coefficient (Wildman–Crippen LogP) is 4.08. The molecule has 138 valence electrons. The third-order valence-electron chi connectivity index (χ3n) is 4.40. The molecule has 0 aliphatic rings. The maximum absolute atomic E-state index is 12.3. The fourth-order valence-electron chi connectivity index (χ4n) is 2.62. The van der Waals surface area contributed by atoms with Crippen LogP contribution in [0.2, 0.25) is 0 Å². The van der Waals surface area contributed by atoms with E-state index < -0.39 is 6.04 Å². The number of ether oxygens (including phenoxy) is 1. The minimum Gasteiger partial charge on any atom is -0.494 e. The molecule has 4 nitrogen and oxygen atoms in total. The van der Waals surface area contributed by atoms with Crippen LogP contribution >= 0.6 is 0 Å². The smallest absolute Gasteiger partial charge is 0.223 e. The highest BCUT2D eigenvalue weighted by molar-refractivity contribution is 5.88. The SMILES string of the molecule is C/C=C/[C@@H](CCCOc1cccc(C)c1)[C@@H](C)C(=O)N[C@@H](C)C(C)=O. The molecule has 0 aliphatic carbocycles. The summed E-state index contributed by atoms with van der Waals surface area (Å²) >= 11 is 0. The van der Waals surface area contributed by atoms with Crippen molar-refractivity contribution in [3.63, 3.8) is 0 Å². The number of carbonyl (C=O) groups is 2. The van der Waals surface area contributed by atoms with E-state index in [2.05, 4.69) is 11.4 Å². The summed E-state index contributed by atoms with van der Waals surface area (Å²) in [4.78, 5) is 23.7. The highest BCUT2D eigenvalue weighted by atomic mass is 16.5. The van der Waals surface area contributed by atoms with E-state index in [4.69, 9.17) is 4.74 Å². The van der Waals surface area contributed by atoms with E-state index in [-0.39, 0.29) is 23.5 Å². The molecule has 0 fully saturated rings. The molecule has 25 heavy (non-hydrogen) atoms. The van der Waals surface area contributed by atoms with Gasteiger partial charge in [0.1, 0.15) is 5.75 Å². The van der Waals surface area contributed by atoms with Crippen LogP contribution in [-0.4, -0.2) is 24.3 Å². The van der Waals surface area contributed by atoms with Gasteiger partial charge in [0.05, 0.1) is 12.6 Å². The monoisotopic (exact) mass is 345 g/mol. The van der Waals surface area contributed by atoms with Crippen LogP contribution in [0.3, 0.4) is 0 Å². The average Bonchev–Trinajstić information content (AvgIpc) is 2.56. The number of hydrogen-bond acceptors (Lipinski definition) is 3. The Hall–Kier alpha value is -2.10. The molecule has 0 saturated carbocycles. The van der Waals surface area contributed by atoms with Crippen molar-refractivity contribution in [3.05, 3.63) is 42.0 Å². The van der Waals surface area contributed by atoms with Gasteiger partial charge in [-0.3, -0.25) is 9.59 Å². The fourth-order valence-corrected chi connectivity index (χ4v) is 2.62. The molecule has 0 saturated heterocycles. The zero-order chi connectivity index (χ0) is 18.8. The fraction of sp³-hybridized carbons (Fsp3) is 0.524. The molecule has 0 spiro atoms. The van der Waals surface area contributed by atoms with E-state index >= 15 is 0 Å². The van der Waals surface area contributed by atoms with Gasteiger partial charge in [0, 0.05) is 5.92 Å². The number of carbonyl (C=O) groups excluding carboxylic acids is 2. The quantitative estimate of drug-likeness (QED) is 0.513. The van der Waals surface area contributed by atoms with Crippen molar-refractivity contribution < 1.29 is 14.3 Å². The number of benzene rings is 1. The van der Waals surface area contributed by atoms with Crippen molar-refractivity contribution in [2.45, 2.75) is 53.5 Å². The third kappa shape index (κ3) is 7.55. The lowest BCUT2D eigenvalue weighted by Crippen LogP contribution is -2.41. The molecule has 1 aromatic rings. The molecule has 0 heterocycles. The highest BCUT2D eigenvalue weighted by Gasteiger charge is 2.23. The van der Waals surface area contributed by atoms with Gasteiger partial charge in [0.15, 0.2) is 5.78 Å². The van der Waals surface area contributed by atoms with Crippen molar-refractivity contribution in [2.24, 2.45) is 11.8 Å². The van der Waals surface area contributed by atoms with Gasteiger partial charge in [-0.1, -0.05) is 31.2 Å². The number of ketones is 1. The average molecular weight is 345 g/mol. The molecule has 1 aromatic carbocycles. The van der Waals surface area contributed by atoms with E-state index in [0.29, 0.717) is 6.61 Å². The van der Waals surface area contributed by atoms with Gasteiger partial charge in [-0.05, 0) is 64.2 Å². The molecule has 0 aliphatic heterocycles. The minimum absolute atomic E-state index is 0.0327. The van der Waals surface area contributed by atoms with Gasteiger partial charge in [-0.25, -0.2) is 0 Å². The number of aryl methyl sites for hydroxylation is 1. The van der Waals surface area contributed by atoms with Crippen LogP contribution < -0.4 is 10.1 Å². The van der Waals surface area contributed by atoms with Crippen LogP contribution in [0, 0.1) is 18.8 Å². The van der Waals surface area contributed by atoms with Crippen LogP contribution in [0.25, 0.3) is 0 Å². The normalized spacial score (nSPS) is 14.8. The Labute approximate surface area is 151 Å². The second-order valence-corrected chi connectivity index (χ2v) is 6.63. The number of allylic oxidation sites excluding steroid dienone is 2. The molecule has 1 rings (SSSR count). The summed E-state index contributed by atoms with van der Waals surface area (Å²) in [5.41, 5.74) is 1.18. The maximum Gasteiger partial charge on any atom is 0.223 e. The van der Waals surface area contributed by atoms with Crippen LogP contribution in [-0.2, 0) is 9.59 Å². The Morgan fingerprint density at radius 1 is 1.28 bits per heavy atom.